The van der Waals surface area contributed by atoms with Crippen molar-refractivity contribution in [1.29, 1.82) is 0 Å². The molecule has 1 atom stereocenters. The molecule has 260 valence electrons. The van der Waals surface area contributed by atoms with Crippen LogP contribution in [0.25, 0.3) is 17.5 Å². The summed E-state index contributed by atoms with van der Waals surface area (Å²) in [5.74, 6) is 0.213. The van der Waals surface area contributed by atoms with Gasteiger partial charge in [-0.25, -0.2) is 4.99 Å². The van der Waals surface area contributed by atoms with Crippen LogP contribution in [0.5, 0.6) is 0 Å². The molecule has 0 unspecified atom stereocenters. The monoisotopic (exact) mass is 767 g/mol. The number of benzene rings is 4. The maximum Gasteiger partial charge on any atom is 0.271 e. The number of non-ortho nitro benzene ring substituents is 1. The summed E-state index contributed by atoms with van der Waals surface area (Å²) in [5, 5.41) is 25.3. The van der Waals surface area contributed by atoms with Crippen molar-refractivity contribution in [3.63, 3.8) is 0 Å². The predicted molar refractivity (Wildman–Crippen MR) is 204 cm³/mol. The van der Waals surface area contributed by atoms with Gasteiger partial charge in [0, 0.05) is 44.9 Å². The Balaban J connectivity index is 1.34. The van der Waals surface area contributed by atoms with Crippen LogP contribution >= 0.6 is 46.3 Å². The zero-order chi connectivity index (χ0) is 36.5. The van der Waals surface area contributed by atoms with E-state index in [0.29, 0.717) is 65.4 Å². The number of halogens is 2. The summed E-state index contributed by atoms with van der Waals surface area (Å²) < 4.78 is 3.68. The number of nitro groups is 1. The van der Waals surface area contributed by atoms with Crippen LogP contribution in [-0.4, -0.2) is 30.2 Å². The summed E-state index contributed by atoms with van der Waals surface area (Å²) >= 11 is 14.9. The third-order valence-electron chi connectivity index (χ3n) is 8.29. The third kappa shape index (κ3) is 6.95. The van der Waals surface area contributed by atoms with Gasteiger partial charge in [0.1, 0.15) is 0 Å². The fourth-order valence-corrected chi connectivity index (χ4v) is 8.21. The smallest absolute Gasteiger partial charge is 0.271 e. The fourth-order valence-electron chi connectivity index (χ4n) is 5.88. The summed E-state index contributed by atoms with van der Waals surface area (Å²) in [7, 11) is 0. The van der Waals surface area contributed by atoms with Gasteiger partial charge in [0.05, 0.1) is 26.8 Å². The lowest BCUT2D eigenvalue weighted by Crippen LogP contribution is -2.40. The van der Waals surface area contributed by atoms with Crippen LogP contribution in [0.15, 0.2) is 128 Å². The molecule has 0 radical (unpaired) electrons. The second kappa shape index (κ2) is 14.7. The number of hydrogen-bond donors (Lipinski definition) is 1. The first-order valence-corrected chi connectivity index (χ1v) is 18.3. The molecule has 0 fully saturated rings. The predicted octanol–water partition coefficient (Wildman–Crippen LogP) is 7.52. The van der Waals surface area contributed by atoms with Crippen LogP contribution < -0.4 is 20.2 Å². The topological polar surface area (TPSA) is 137 Å². The number of rotatable bonds is 9. The molecule has 6 aromatic rings. The highest BCUT2D eigenvalue weighted by molar-refractivity contribution is 7.99. The van der Waals surface area contributed by atoms with Crippen LogP contribution in [0.3, 0.4) is 0 Å². The molecular weight excluding hydrogens is 741 g/mol. The molecule has 3 heterocycles. The molecule has 7 rings (SSSR count). The van der Waals surface area contributed by atoms with Gasteiger partial charge in [-0.05, 0) is 85.3 Å². The number of fused-ring (bicyclic) bond motifs is 1. The molecule has 2 aromatic heterocycles. The van der Waals surface area contributed by atoms with Crippen LogP contribution in [0.2, 0.25) is 10.0 Å². The summed E-state index contributed by atoms with van der Waals surface area (Å²) in [6, 6.07) is 26.9. The molecule has 0 aliphatic carbocycles. The third-order valence-corrected chi connectivity index (χ3v) is 10.8. The normalized spacial score (nSPS) is 14.2. The van der Waals surface area contributed by atoms with E-state index in [1.807, 2.05) is 41.8 Å². The second-order valence-corrected chi connectivity index (χ2v) is 14.5. The number of carbonyl (C=O) groups is 1. The summed E-state index contributed by atoms with van der Waals surface area (Å²) in [4.78, 5) is 45.4. The molecule has 0 bridgehead atoms. The van der Waals surface area contributed by atoms with Crippen molar-refractivity contribution in [2.45, 2.75) is 36.5 Å². The average molecular weight is 769 g/mol. The highest BCUT2D eigenvalue weighted by Crippen LogP contribution is 2.35. The Bertz CT molecular complexity index is 2580. The minimum absolute atomic E-state index is 0.144. The first-order chi connectivity index (χ1) is 25.1. The van der Waals surface area contributed by atoms with Crippen molar-refractivity contribution in [2.75, 3.05) is 5.32 Å². The van der Waals surface area contributed by atoms with Crippen molar-refractivity contribution >= 4 is 69.7 Å². The average Bonchev–Trinajstić information content (AvgIpc) is 3.68. The highest BCUT2D eigenvalue weighted by atomic mass is 35.5. The van der Waals surface area contributed by atoms with Gasteiger partial charge in [-0.2, -0.15) is 0 Å². The van der Waals surface area contributed by atoms with E-state index in [4.69, 9.17) is 28.2 Å². The number of anilines is 1. The Morgan fingerprint density at radius 2 is 1.77 bits per heavy atom. The molecular formula is C37H27Cl2N7O4S2. The van der Waals surface area contributed by atoms with Crippen LogP contribution in [0.1, 0.15) is 31.0 Å². The molecule has 52 heavy (non-hydrogen) atoms. The Kier molecular flexibility index (Phi) is 9.93. The molecule has 1 N–H and O–H groups in total. The number of hydrogen-bond acceptors (Lipinski definition) is 9. The zero-order valence-corrected chi connectivity index (χ0v) is 30.6. The molecule has 4 aromatic carbocycles. The minimum Gasteiger partial charge on any atom is -0.322 e. The lowest BCUT2D eigenvalue weighted by Gasteiger charge is -2.25. The number of nitro benzene ring substituents is 1. The summed E-state index contributed by atoms with van der Waals surface area (Å²) in [5.41, 5.74) is 2.66. The molecule has 15 heteroatoms. The number of carbonyl (C=O) groups excluding carboxylic acids is 1. The fraction of sp³-hybridized carbons (Fsp3) is 0.108. The first-order valence-electron chi connectivity index (χ1n) is 15.9. The molecule has 0 spiro atoms. The molecule has 1 aliphatic rings. The lowest BCUT2D eigenvalue weighted by atomic mass is 9.95. The van der Waals surface area contributed by atoms with Gasteiger partial charge in [-0.1, -0.05) is 77.0 Å². The van der Waals surface area contributed by atoms with E-state index in [1.54, 1.807) is 67.6 Å². The van der Waals surface area contributed by atoms with Gasteiger partial charge in [0.2, 0.25) is 0 Å². The Hall–Kier alpha value is -5.34. The van der Waals surface area contributed by atoms with Crippen LogP contribution in [-0.2, 0) is 11.3 Å². The number of nitrogens with zero attached hydrogens (tertiary/aromatic N) is 6. The molecule has 1 amide bonds. The standard InChI is InChI=1S/C37H27Cl2N7O4S2/c1-3-44-33(23-8-7-9-26(39)18-23)42-43-37(44)51-29-17-16-28(46(49)50)19-24(29)20-30-35(48)45-32(22-12-14-25(38)15-13-22)31(21(2)40-36(45)52-30)34(47)41-27-10-5-4-6-11-27/h4-20,32H,3H2,1-2H3,(H,41,47)/b30-20+/t32-/m0/s1. The minimum atomic E-state index is -0.827. The van der Waals surface area contributed by atoms with E-state index in [2.05, 4.69) is 15.5 Å². The molecule has 11 nitrogen and oxygen atoms in total. The van der Waals surface area contributed by atoms with Crippen molar-refractivity contribution in [3.05, 3.63) is 159 Å². The van der Waals surface area contributed by atoms with Gasteiger partial charge in [0.15, 0.2) is 15.8 Å². The van der Waals surface area contributed by atoms with Crippen molar-refractivity contribution in [3.8, 4) is 11.4 Å². The van der Waals surface area contributed by atoms with E-state index in [-0.39, 0.29) is 10.2 Å². The zero-order valence-electron chi connectivity index (χ0n) is 27.5. The van der Waals surface area contributed by atoms with E-state index in [9.17, 15) is 19.7 Å². The van der Waals surface area contributed by atoms with Gasteiger partial charge in [-0.3, -0.25) is 24.3 Å². The van der Waals surface area contributed by atoms with Crippen molar-refractivity contribution in [2.24, 2.45) is 4.99 Å². The number of allylic oxidation sites excluding steroid dienone is 1. The molecule has 1 aliphatic heterocycles. The van der Waals surface area contributed by atoms with Gasteiger partial charge in [0.25, 0.3) is 17.2 Å². The van der Waals surface area contributed by atoms with E-state index < -0.39 is 22.4 Å². The molecule has 0 saturated carbocycles. The van der Waals surface area contributed by atoms with E-state index >= 15 is 0 Å². The quantitative estimate of drug-likeness (QED) is 0.119. The number of aromatic nitrogens is 4. The van der Waals surface area contributed by atoms with E-state index in [0.717, 1.165) is 16.9 Å². The number of amides is 1. The maximum atomic E-state index is 14.4. The number of thiazole rings is 1. The van der Waals surface area contributed by atoms with E-state index in [1.165, 1.54) is 28.5 Å². The highest BCUT2D eigenvalue weighted by Gasteiger charge is 2.32. The first kappa shape index (κ1) is 35.1. The van der Waals surface area contributed by atoms with Gasteiger partial charge in [-0.15, -0.1) is 10.2 Å². The largest absolute Gasteiger partial charge is 0.322 e. The van der Waals surface area contributed by atoms with Crippen LogP contribution in [0.4, 0.5) is 11.4 Å². The van der Waals surface area contributed by atoms with Gasteiger partial charge >= 0.3 is 0 Å². The number of para-hydroxylation sites is 1. The SMILES string of the molecule is CCn1c(Sc2ccc([N+](=O)[O-])cc2/C=c2/sc3n(c2=O)[C@@H](c2ccc(Cl)cc2)C(C(=O)Nc2ccccc2)=C(C)N=3)nnc1-c1cccc(Cl)c1. The second-order valence-electron chi connectivity index (χ2n) is 11.6. The Morgan fingerprint density at radius 3 is 2.48 bits per heavy atom. The maximum absolute atomic E-state index is 14.4. The van der Waals surface area contributed by atoms with Crippen molar-refractivity contribution < 1.29 is 9.72 Å². The van der Waals surface area contributed by atoms with Crippen LogP contribution in [0, 0.1) is 10.1 Å². The summed E-state index contributed by atoms with van der Waals surface area (Å²) in [6.07, 6.45) is 1.62. The summed E-state index contributed by atoms with van der Waals surface area (Å²) in [6.45, 7) is 4.24. The Morgan fingerprint density at radius 1 is 1.00 bits per heavy atom. The number of nitrogens with one attached hydrogen (secondary N) is 1. The van der Waals surface area contributed by atoms with Gasteiger partial charge < -0.3 is 9.88 Å². The molecule has 0 saturated heterocycles. The Labute approximate surface area is 314 Å². The van der Waals surface area contributed by atoms with Crippen molar-refractivity contribution in [1.82, 2.24) is 19.3 Å². The lowest BCUT2D eigenvalue weighted by molar-refractivity contribution is -0.384.